The second-order valence-electron chi connectivity index (χ2n) is 5.89. The molecule has 0 bridgehead atoms. The summed E-state index contributed by atoms with van der Waals surface area (Å²) in [6, 6.07) is 11.3. The molecule has 0 aliphatic rings. The van der Waals surface area contributed by atoms with Gasteiger partial charge in [-0.15, -0.1) is 0 Å². The smallest absolute Gasteiger partial charge is 0.262 e. The van der Waals surface area contributed by atoms with Crippen molar-refractivity contribution in [1.82, 2.24) is 4.31 Å². The van der Waals surface area contributed by atoms with E-state index in [1.54, 1.807) is 44.4 Å². The predicted molar refractivity (Wildman–Crippen MR) is 106 cm³/mol. The summed E-state index contributed by atoms with van der Waals surface area (Å²) in [5, 5.41) is 2.63. The molecular weight excluding hydrogens is 384 g/mol. The number of hydrogen-bond acceptors (Lipinski definition) is 6. The number of rotatable bonds is 9. The van der Waals surface area contributed by atoms with E-state index in [0.717, 1.165) is 4.31 Å². The molecule has 1 amide bonds. The SMILES string of the molecule is CCOc1ccc(NC(=O)COc2ccc(OC)cc2)cc1S(=O)(=O)N(C)C. The van der Waals surface area contributed by atoms with Gasteiger partial charge in [-0.05, 0) is 49.4 Å². The first-order valence-electron chi connectivity index (χ1n) is 8.54. The van der Waals surface area contributed by atoms with Crippen molar-refractivity contribution >= 4 is 21.6 Å². The van der Waals surface area contributed by atoms with Crippen LogP contribution in [0.1, 0.15) is 6.92 Å². The van der Waals surface area contributed by atoms with Crippen LogP contribution in [0.3, 0.4) is 0 Å². The van der Waals surface area contributed by atoms with Crippen molar-refractivity contribution in [3.05, 3.63) is 42.5 Å². The van der Waals surface area contributed by atoms with E-state index in [1.807, 2.05) is 0 Å². The maximum absolute atomic E-state index is 12.5. The summed E-state index contributed by atoms with van der Waals surface area (Å²) in [7, 11) is 0.684. The van der Waals surface area contributed by atoms with Gasteiger partial charge in [0.15, 0.2) is 6.61 Å². The lowest BCUT2D eigenvalue weighted by atomic mass is 10.3. The van der Waals surface area contributed by atoms with E-state index in [9.17, 15) is 13.2 Å². The van der Waals surface area contributed by atoms with Gasteiger partial charge >= 0.3 is 0 Å². The van der Waals surface area contributed by atoms with Crippen LogP contribution in [0.5, 0.6) is 17.2 Å². The van der Waals surface area contributed by atoms with Gasteiger partial charge in [-0.25, -0.2) is 12.7 Å². The van der Waals surface area contributed by atoms with Crippen LogP contribution in [0.15, 0.2) is 47.4 Å². The Hall–Kier alpha value is -2.78. The fraction of sp³-hybridized carbons (Fsp3) is 0.316. The summed E-state index contributed by atoms with van der Waals surface area (Å²) in [5.41, 5.74) is 0.326. The van der Waals surface area contributed by atoms with E-state index in [4.69, 9.17) is 14.2 Å². The van der Waals surface area contributed by atoms with Gasteiger partial charge in [-0.1, -0.05) is 0 Å². The molecule has 0 saturated carbocycles. The minimum absolute atomic E-state index is 0.0202. The van der Waals surface area contributed by atoms with Crippen LogP contribution >= 0.6 is 0 Å². The Balaban J connectivity index is 2.11. The molecule has 0 saturated heterocycles. The maximum atomic E-state index is 12.5. The molecule has 2 aromatic rings. The Morgan fingerprint density at radius 1 is 1.04 bits per heavy atom. The molecule has 152 valence electrons. The molecule has 0 aliphatic carbocycles. The molecule has 0 spiro atoms. The molecule has 28 heavy (non-hydrogen) atoms. The Kier molecular flexibility index (Phi) is 7.24. The lowest BCUT2D eigenvalue weighted by Crippen LogP contribution is -2.24. The number of nitrogens with one attached hydrogen (secondary N) is 1. The van der Waals surface area contributed by atoms with Gasteiger partial charge in [0, 0.05) is 19.8 Å². The van der Waals surface area contributed by atoms with Gasteiger partial charge in [-0.3, -0.25) is 4.79 Å². The first-order valence-corrected chi connectivity index (χ1v) is 9.98. The minimum Gasteiger partial charge on any atom is -0.497 e. The highest BCUT2D eigenvalue weighted by atomic mass is 32.2. The molecule has 0 aromatic heterocycles. The summed E-state index contributed by atoms with van der Waals surface area (Å²) in [6.07, 6.45) is 0. The second-order valence-corrected chi connectivity index (χ2v) is 8.01. The molecule has 0 radical (unpaired) electrons. The number of methoxy groups -OCH3 is 1. The summed E-state index contributed by atoms with van der Waals surface area (Å²) < 4.78 is 42.0. The Morgan fingerprint density at radius 3 is 2.25 bits per heavy atom. The van der Waals surface area contributed by atoms with Crippen molar-refractivity contribution in [3.8, 4) is 17.2 Å². The van der Waals surface area contributed by atoms with Crippen molar-refractivity contribution in [1.29, 1.82) is 0 Å². The topological polar surface area (TPSA) is 94.2 Å². The van der Waals surface area contributed by atoms with Crippen molar-refractivity contribution in [2.75, 3.05) is 39.7 Å². The highest BCUT2D eigenvalue weighted by molar-refractivity contribution is 7.89. The second kappa shape index (κ2) is 9.43. The molecule has 8 nitrogen and oxygen atoms in total. The Labute approximate surface area is 165 Å². The summed E-state index contributed by atoms with van der Waals surface area (Å²) in [5.74, 6) is 0.996. The van der Waals surface area contributed by atoms with Crippen LogP contribution in [0.4, 0.5) is 5.69 Å². The molecule has 9 heteroatoms. The number of amides is 1. The largest absolute Gasteiger partial charge is 0.497 e. The normalized spacial score (nSPS) is 11.2. The Bertz CT molecular complexity index is 911. The Morgan fingerprint density at radius 2 is 1.68 bits per heavy atom. The van der Waals surface area contributed by atoms with E-state index in [2.05, 4.69) is 5.32 Å². The molecule has 0 unspecified atom stereocenters. The maximum Gasteiger partial charge on any atom is 0.262 e. The van der Waals surface area contributed by atoms with Crippen LogP contribution in [0.25, 0.3) is 0 Å². The number of hydrogen-bond donors (Lipinski definition) is 1. The average Bonchev–Trinajstić information content (AvgIpc) is 2.68. The third kappa shape index (κ3) is 5.37. The van der Waals surface area contributed by atoms with E-state index in [1.165, 1.54) is 26.2 Å². The van der Waals surface area contributed by atoms with Crippen LogP contribution in [-0.4, -0.2) is 53.0 Å². The molecule has 0 aliphatic heterocycles. The fourth-order valence-electron chi connectivity index (χ4n) is 2.28. The number of sulfonamides is 1. The third-order valence-electron chi connectivity index (χ3n) is 3.72. The number of ether oxygens (including phenoxy) is 3. The molecule has 2 rings (SSSR count). The van der Waals surface area contributed by atoms with Gasteiger partial charge in [0.25, 0.3) is 5.91 Å². The van der Waals surface area contributed by atoms with Gasteiger partial charge in [-0.2, -0.15) is 0 Å². The number of anilines is 1. The lowest BCUT2D eigenvalue weighted by molar-refractivity contribution is -0.118. The standard InChI is InChI=1S/C19H24N2O6S/c1-5-26-17-11-6-14(12-18(17)28(23,24)21(2)3)20-19(22)13-27-16-9-7-15(25-4)8-10-16/h6-12H,5,13H2,1-4H3,(H,20,22). The van der Waals surface area contributed by atoms with Crippen LogP contribution in [0, 0.1) is 0 Å². The first-order chi connectivity index (χ1) is 13.3. The molecule has 1 N–H and O–H groups in total. The van der Waals surface area contributed by atoms with E-state index < -0.39 is 15.9 Å². The van der Waals surface area contributed by atoms with Crippen LogP contribution < -0.4 is 19.5 Å². The molecule has 2 aromatic carbocycles. The first kappa shape index (κ1) is 21.5. The highest BCUT2D eigenvalue weighted by Crippen LogP contribution is 2.29. The van der Waals surface area contributed by atoms with Crippen molar-refractivity contribution in [2.24, 2.45) is 0 Å². The van der Waals surface area contributed by atoms with Crippen molar-refractivity contribution in [2.45, 2.75) is 11.8 Å². The van der Waals surface area contributed by atoms with E-state index in [0.29, 0.717) is 23.8 Å². The van der Waals surface area contributed by atoms with Crippen LogP contribution in [-0.2, 0) is 14.8 Å². The zero-order chi connectivity index (χ0) is 20.7. The van der Waals surface area contributed by atoms with Crippen molar-refractivity contribution in [3.63, 3.8) is 0 Å². The van der Waals surface area contributed by atoms with Crippen LogP contribution in [0.2, 0.25) is 0 Å². The number of carbonyl (C=O) groups excluding carboxylic acids is 1. The number of carbonyl (C=O) groups is 1. The minimum atomic E-state index is -3.74. The van der Waals surface area contributed by atoms with E-state index in [-0.39, 0.29) is 17.3 Å². The number of benzene rings is 2. The van der Waals surface area contributed by atoms with Gasteiger partial charge in [0.2, 0.25) is 10.0 Å². The molecular formula is C19H24N2O6S. The fourth-order valence-corrected chi connectivity index (χ4v) is 3.33. The average molecular weight is 408 g/mol. The summed E-state index contributed by atoms with van der Waals surface area (Å²) >= 11 is 0. The molecule has 0 fully saturated rings. The zero-order valence-electron chi connectivity index (χ0n) is 16.3. The van der Waals surface area contributed by atoms with Gasteiger partial charge < -0.3 is 19.5 Å². The molecule has 0 heterocycles. The highest BCUT2D eigenvalue weighted by Gasteiger charge is 2.23. The molecule has 0 atom stereocenters. The van der Waals surface area contributed by atoms with Gasteiger partial charge in [0.05, 0.1) is 13.7 Å². The van der Waals surface area contributed by atoms with E-state index >= 15 is 0 Å². The quantitative estimate of drug-likeness (QED) is 0.685. The van der Waals surface area contributed by atoms with Gasteiger partial charge in [0.1, 0.15) is 22.1 Å². The zero-order valence-corrected chi connectivity index (χ0v) is 17.1. The predicted octanol–water partition coefficient (Wildman–Crippen LogP) is 2.36. The summed E-state index contributed by atoms with van der Waals surface area (Å²) in [6.45, 7) is 1.85. The summed E-state index contributed by atoms with van der Waals surface area (Å²) in [4.78, 5) is 12.1. The number of nitrogens with zero attached hydrogens (tertiary/aromatic N) is 1. The monoisotopic (exact) mass is 408 g/mol. The lowest BCUT2D eigenvalue weighted by Gasteiger charge is -2.16. The van der Waals surface area contributed by atoms with Crippen molar-refractivity contribution < 1.29 is 27.4 Å². The third-order valence-corrected chi connectivity index (χ3v) is 5.55.